The molecule has 3 unspecified atom stereocenters. The smallest absolute Gasteiger partial charge is 0.305 e. The van der Waals surface area contributed by atoms with E-state index in [-0.39, 0.29) is 43.5 Å². The van der Waals surface area contributed by atoms with Crippen LogP contribution in [0.1, 0.15) is 62.5 Å². The number of esters is 1. The third kappa shape index (κ3) is 9.74. The average molecular weight is 563 g/mol. The van der Waals surface area contributed by atoms with Crippen molar-refractivity contribution < 1.29 is 29.0 Å². The van der Waals surface area contributed by atoms with Crippen LogP contribution in [-0.4, -0.2) is 59.6 Å². The van der Waals surface area contributed by atoms with Crippen molar-refractivity contribution >= 4 is 17.8 Å². The number of benzene rings is 2. The summed E-state index contributed by atoms with van der Waals surface area (Å²) in [7, 11) is 0. The van der Waals surface area contributed by atoms with Gasteiger partial charge >= 0.3 is 5.97 Å². The fourth-order valence-corrected chi connectivity index (χ4v) is 5.36. The average Bonchev–Trinajstić information content (AvgIpc) is 3.48. The summed E-state index contributed by atoms with van der Waals surface area (Å²) in [5.74, 6) is -0.416. The lowest BCUT2D eigenvalue weighted by Crippen LogP contribution is -2.45. The van der Waals surface area contributed by atoms with Crippen molar-refractivity contribution in [2.45, 2.75) is 76.5 Å². The molecule has 8 heteroatoms. The van der Waals surface area contributed by atoms with Crippen LogP contribution in [0.4, 0.5) is 0 Å². The van der Waals surface area contributed by atoms with Gasteiger partial charge in [0.15, 0.2) is 0 Å². The predicted octanol–water partition coefficient (Wildman–Crippen LogP) is 4.35. The van der Waals surface area contributed by atoms with Gasteiger partial charge in [-0.1, -0.05) is 54.6 Å². The van der Waals surface area contributed by atoms with E-state index in [4.69, 9.17) is 9.47 Å². The molecular weight excluding hydrogens is 520 g/mol. The SMILES string of the molecule is O=C1CCCCC=CCC(CC(=O)N2CCCC2CO)C(=O)NC(Cc2ccc(OCc3ccccc3)cc2)CO1. The molecule has 2 aliphatic rings. The minimum atomic E-state index is -0.548. The molecule has 2 aliphatic heterocycles. The number of hydrogen-bond donors (Lipinski definition) is 2. The first-order chi connectivity index (χ1) is 20.0. The van der Waals surface area contributed by atoms with Crippen molar-refractivity contribution in [1.29, 1.82) is 0 Å². The molecule has 2 aromatic rings. The second-order valence-corrected chi connectivity index (χ2v) is 10.9. The molecule has 2 aromatic carbocycles. The van der Waals surface area contributed by atoms with Gasteiger partial charge in [-0.2, -0.15) is 0 Å². The Morgan fingerprint density at radius 3 is 2.59 bits per heavy atom. The van der Waals surface area contributed by atoms with Gasteiger partial charge in [-0.15, -0.1) is 0 Å². The molecule has 0 aromatic heterocycles. The Morgan fingerprint density at radius 1 is 1.00 bits per heavy atom. The fraction of sp³-hybridized carbons (Fsp3) is 0.485. The third-order valence-electron chi connectivity index (χ3n) is 7.73. The summed E-state index contributed by atoms with van der Waals surface area (Å²) in [5, 5.41) is 12.7. The zero-order valence-corrected chi connectivity index (χ0v) is 23.7. The van der Waals surface area contributed by atoms with Gasteiger partial charge in [-0.3, -0.25) is 14.4 Å². The molecule has 2 amide bonds. The lowest BCUT2D eigenvalue weighted by molar-refractivity contribution is -0.145. The number of aliphatic hydroxyl groups is 1. The van der Waals surface area contributed by atoms with Crippen molar-refractivity contribution in [3.63, 3.8) is 0 Å². The van der Waals surface area contributed by atoms with E-state index < -0.39 is 12.0 Å². The van der Waals surface area contributed by atoms with Crippen molar-refractivity contribution in [3.05, 3.63) is 77.9 Å². The number of amides is 2. The molecule has 0 radical (unpaired) electrons. The maximum Gasteiger partial charge on any atom is 0.305 e. The fourth-order valence-electron chi connectivity index (χ4n) is 5.36. The van der Waals surface area contributed by atoms with Gasteiger partial charge in [-0.25, -0.2) is 0 Å². The highest BCUT2D eigenvalue weighted by Gasteiger charge is 2.32. The summed E-state index contributed by atoms with van der Waals surface area (Å²) >= 11 is 0. The molecule has 2 heterocycles. The first kappa shape index (κ1) is 30.3. The molecule has 0 spiro atoms. The van der Waals surface area contributed by atoms with E-state index in [1.807, 2.05) is 66.7 Å². The Kier molecular flexibility index (Phi) is 11.8. The number of ether oxygens (including phenoxy) is 2. The van der Waals surface area contributed by atoms with Crippen LogP contribution >= 0.6 is 0 Å². The summed E-state index contributed by atoms with van der Waals surface area (Å²) in [6.45, 7) is 1.08. The Labute approximate surface area is 242 Å². The quantitative estimate of drug-likeness (QED) is 0.366. The Hall–Kier alpha value is -3.65. The second kappa shape index (κ2) is 16.0. The number of likely N-dealkylation sites (tertiary alicyclic amines) is 1. The highest BCUT2D eigenvalue weighted by atomic mass is 16.5. The van der Waals surface area contributed by atoms with E-state index in [1.54, 1.807) is 4.90 Å². The number of rotatable bonds is 8. The Bertz CT molecular complexity index is 1150. The first-order valence-corrected chi connectivity index (χ1v) is 14.8. The monoisotopic (exact) mass is 562 g/mol. The van der Waals surface area contributed by atoms with Gasteiger partial charge in [0.1, 0.15) is 19.0 Å². The highest BCUT2D eigenvalue weighted by Crippen LogP contribution is 2.22. The Morgan fingerprint density at radius 2 is 1.80 bits per heavy atom. The number of allylic oxidation sites excluding steroid dienone is 2. The van der Waals surface area contributed by atoms with Crippen molar-refractivity contribution in [2.75, 3.05) is 19.8 Å². The van der Waals surface area contributed by atoms with E-state index in [0.29, 0.717) is 32.4 Å². The maximum atomic E-state index is 13.5. The molecule has 4 rings (SSSR count). The highest BCUT2D eigenvalue weighted by molar-refractivity contribution is 5.86. The predicted molar refractivity (Wildman–Crippen MR) is 156 cm³/mol. The van der Waals surface area contributed by atoms with E-state index in [0.717, 1.165) is 49.0 Å². The molecule has 0 saturated carbocycles. The van der Waals surface area contributed by atoms with Crippen LogP contribution in [0.3, 0.4) is 0 Å². The number of carbonyl (C=O) groups is 3. The molecule has 8 nitrogen and oxygen atoms in total. The van der Waals surface area contributed by atoms with E-state index >= 15 is 0 Å². The third-order valence-corrected chi connectivity index (χ3v) is 7.73. The Balaban J connectivity index is 1.42. The largest absolute Gasteiger partial charge is 0.489 e. The van der Waals surface area contributed by atoms with Gasteiger partial charge in [0.05, 0.1) is 24.6 Å². The van der Waals surface area contributed by atoms with E-state index in [9.17, 15) is 19.5 Å². The molecule has 0 aliphatic carbocycles. The molecule has 1 saturated heterocycles. The van der Waals surface area contributed by atoms with Gasteiger partial charge in [-0.05, 0) is 68.2 Å². The van der Waals surface area contributed by atoms with Crippen LogP contribution in [0, 0.1) is 5.92 Å². The van der Waals surface area contributed by atoms with Crippen molar-refractivity contribution in [1.82, 2.24) is 10.2 Å². The van der Waals surface area contributed by atoms with Crippen LogP contribution in [0.15, 0.2) is 66.7 Å². The van der Waals surface area contributed by atoms with Crippen LogP contribution in [-0.2, 0) is 32.1 Å². The minimum absolute atomic E-state index is 0.0616. The van der Waals surface area contributed by atoms with E-state index in [1.165, 1.54) is 0 Å². The number of nitrogens with zero attached hydrogens (tertiary/aromatic N) is 1. The molecule has 3 atom stereocenters. The standard InChI is InChI=1S/C33H42N2O6/c36-22-29-13-9-19-35(29)31(37)21-27-12-7-2-1-3-8-14-32(38)41-24-28(34-33(27)39)20-25-15-17-30(18-16-25)40-23-26-10-5-4-6-11-26/h2,4-7,10-11,15-18,27-29,36H,1,3,8-9,12-14,19-24H2,(H,34,39). The molecule has 220 valence electrons. The number of aliphatic hydroxyl groups excluding tert-OH is 1. The van der Waals surface area contributed by atoms with Crippen LogP contribution in [0.5, 0.6) is 5.75 Å². The maximum absolute atomic E-state index is 13.5. The zero-order valence-electron chi connectivity index (χ0n) is 23.7. The molecular formula is C33H42N2O6. The normalized spacial score (nSPS) is 22.5. The molecule has 0 bridgehead atoms. The summed E-state index contributed by atoms with van der Waals surface area (Å²) < 4.78 is 11.5. The van der Waals surface area contributed by atoms with Crippen molar-refractivity contribution in [2.24, 2.45) is 5.92 Å². The zero-order chi connectivity index (χ0) is 28.9. The lowest BCUT2D eigenvalue weighted by atomic mass is 9.97. The lowest BCUT2D eigenvalue weighted by Gasteiger charge is -2.26. The number of hydrogen-bond acceptors (Lipinski definition) is 6. The minimum Gasteiger partial charge on any atom is -0.489 e. The van der Waals surface area contributed by atoms with Gasteiger partial charge in [0.2, 0.25) is 11.8 Å². The summed E-state index contributed by atoms with van der Waals surface area (Å²) in [6.07, 6.45) is 9.38. The number of cyclic esters (lactones) is 1. The topological polar surface area (TPSA) is 105 Å². The van der Waals surface area contributed by atoms with Crippen molar-refractivity contribution in [3.8, 4) is 5.75 Å². The summed E-state index contributed by atoms with van der Waals surface area (Å²) in [4.78, 5) is 40.7. The van der Waals surface area contributed by atoms with Crippen LogP contribution in [0.2, 0.25) is 0 Å². The molecule has 2 N–H and O–H groups in total. The summed E-state index contributed by atoms with van der Waals surface area (Å²) in [6, 6.07) is 17.0. The van der Waals surface area contributed by atoms with Gasteiger partial charge in [0, 0.05) is 19.4 Å². The second-order valence-electron chi connectivity index (χ2n) is 10.9. The number of nitrogens with one attached hydrogen (secondary N) is 1. The van der Waals surface area contributed by atoms with Gasteiger partial charge in [0.25, 0.3) is 0 Å². The van der Waals surface area contributed by atoms with Crippen LogP contribution < -0.4 is 10.1 Å². The van der Waals surface area contributed by atoms with Crippen LogP contribution in [0.25, 0.3) is 0 Å². The molecule has 41 heavy (non-hydrogen) atoms. The first-order valence-electron chi connectivity index (χ1n) is 14.8. The van der Waals surface area contributed by atoms with Gasteiger partial charge < -0.3 is 24.8 Å². The summed E-state index contributed by atoms with van der Waals surface area (Å²) in [5.41, 5.74) is 2.05. The molecule has 1 fully saturated rings. The number of carbonyl (C=O) groups excluding carboxylic acids is 3. The van der Waals surface area contributed by atoms with E-state index in [2.05, 4.69) is 5.32 Å².